The largest absolute Gasteiger partial charge is 0.298 e. The molecule has 0 aliphatic rings. The lowest BCUT2D eigenvalue weighted by Crippen LogP contribution is -2.50. The van der Waals surface area contributed by atoms with E-state index in [1.54, 1.807) is 0 Å². The molecule has 2 aromatic heterocycles. The quantitative estimate of drug-likeness (QED) is 0.470. The van der Waals surface area contributed by atoms with E-state index in [-0.39, 0.29) is 20.2 Å². The molecule has 2 heterocycles. The van der Waals surface area contributed by atoms with Crippen LogP contribution >= 0.6 is 49.7 Å². The standard InChI is InChI=1S/C11H8N6OS4/c18-9(7-5-12-1-3-14-7)17(11(21)22)16(10(19)20)8-6-13-2-4-15-8/h1-6H,(H,19,20)(H,21,22). The summed E-state index contributed by atoms with van der Waals surface area (Å²) in [7, 11) is 0. The lowest BCUT2D eigenvalue weighted by Gasteiger charge is -2.32. The van der Waals surface area contributed by atoms with Crippen molar-refractivity contribution in [1.82, 2.24) is 24.9 Å². The summed E-state index contributed by atoms with van der Waals surface area (Å²) in [6.07, 6.45) is 8.48. The molecular weight excluding hydrogens is 360 g/mol. The third-order valence-corrected chi connectivity index (χ3v) is 3.03. The van der Waals surface area contributed by atoms with Gasteiger partial charge in [0.15, 0.2) is 14.5 Å². The number of thiol groups is 2. The van der Waals surface area contributed by atoms with Gasteiger partial charge in [0.05, 0.1) is 12.4 Å². The van der Waals surface area contributed by atoms with Crippen LogP contribution < -0.4 is 5.01 Å². The van der Waals surface area contributed by atoms with Gasteiger partial charge in [-0.15, -0.1) is 25.3 Å². The van der Waals surface area contributed by atoms with Crippen LogP contribution in [0.2, 0.25) is 0 Å². The Kier molecular flexibility index (Phi) is 5.71. The number of nitrogens with zero attached hydrogens (tertiary/aromatic N) is 6. The first-order chi connectivity index (χ1) is 10.5. The molecule has 0 aromatic carbocycles. The summed E-state index contributed by atoms with van der Waals surface area (Å²) in [4.78, 5) is 28.4. The predicted molar refractivity (Wildman–Crippen MR) is 95.9 cm³/mol. The molecule has 2 aromatic rings. The van der Waals surface area contributed by atoms with E-state index in [0.717, 1.165) is 5.01 Å². The summed E-state index contributed by atoms with van der Waals surface area (Å²) < 4.78 is -0.0214. The van der Waals surface area contributed by atoms with Crippen molar-refractivity contribution >= 4 is 70.1 Å². The smallest absolute Gasteiger partial charge is 0.265 e. The topological polar surface area (TPSA) is 75.1 Å². The maximum atomic E-state index is 12.6. The highest BCUT2D eigenvalue weighted by Crippen LogP contribution is 2.18. The highest BCUT2D eigenvalue weighted by molar-refractivity contribution is 8.12. The molecule has 0 radical (unpaired) electrons. The zero-order valence-electron chi connectivity index (χ0n) is 10.8. The second-order valence-corrected chi connectivity index (χ2v) is 5.87. The van der Waals surface area contributed by atoms with Gasteiger partial charge in [-0.3, -0.25) is 14.8 Å². The van der Waals surface area contributed by atoms with Crippen molar-refractivity contribution in [2.45, 2.75) is 0 Å². The lowest BCUT2D eigenvalue weighted by molar-refractivity contribution is 0.0850. The molecule has 0 saturated carbocycles. The van der Waals surface area contributed by atoms with Crippen LogP contribution in [-0.2, 0) is 0 Å². The summed E-state index contributed by atoms with van der Waals surface area (Å²) in [6, 6.07) is 0. The van der Waals surface area contributed by atoms with Gasteiger partial charge in [0, 0.05) is 24.8 Å². The second-order valence-electron chi connectivity index (χ2n) is 3.65. The van der Waals surface area contributed by atoms with Crippen molar-refractivity contribution in [3.63, 3.8) is 0 Å². The van der Waals surface area contributed by atoms with E-state index in [1.165, 1.54) is 42.2 Å². The summed E-state index contributed by atoms with van der Waals surface area (Å²) in [6.45, 7) is 0. The van der Waals surface area contributed by atoms with Crippen LogP contribution in [-0.4, -0.2) is 39.5 Å². The zero-order chi connectivity index (χ0) is 16.1. The van der Waals surface area contributed by atoms with Crippen molar-refractivity contribution in [3.8, 4) is 0 Å². The molecule has 0 spiro atoms. The van der Waals surface area contributed by atoms with E-state index in [1.807, 2.05) is 0 Å². The van der Waals surface area contributed by atoms with Gasteiger partial charge in [-0.05, 0) is 0 Å². The van der Waals surface area contributed by atoms with Gasteiger partial charge in [-0.2, -0.15) is 5.01 Å². The van der Waals surface area contributed by atoms with E-state index in [4.69, 9.17) is 24.4 Å². The summed E-state index contributed by atoms with van der Waals surface area (Å²) in [5.74, 6) is -0.314. The number of anilines is 1. The first-order valence-electron chi connectivity index (χ1n) is 5.64. The fraction of sp³-hybridized carbons (Fsp3) is 0. The molecule has 0 aliphatic heterocycles. The molecule has 0 aliphatic carbocycles. The Hall–Kier alpha value is -1.69. The van der Waals surface area contributed by atoms with Crippen LogP contribution in [0.1, 0.15) is 10.5 Å². The Morgan fingerprint density at radius 2 is 1.59 bits per heavy atom. The average Bonchev–Trinajstić information content (AvgIpc) is 2.52. The number of carbonyl (C=O) groups excluding carboxylic acids is 1. The van der Waals surface area contributed by atoms with Gasteiger partial charge in [0.1, 0.15) is 5.69 Å². The Morgan fingerprint density at radius 3 is 2.05 bits per heavy atom. The van der Waals surface area contributed by atoms with Crippen LogP contribution in [0.5, 0.6) is 0 Å². The zero-order valence-corrected chi connectivity index (χ0v) is 14.2. The predicted octanol–water partition coefficient (Wildman–Crippen LogP) is 1.56. The maximum Gasteiger partial charge on any atom is 0.298 e. The number of thiocarbonyl (C=S) groups is 2. The molecule has 112 valence electrons. The third-order valence-electron chi connectivity index (χ3n) is 2.30. The Bertz CT molecular complexity index is 698. The van der Waals surface area contributed by atoms with Gasteiger partial charge in [-0.1, -0.05) is 24.4 Å². The van der Waals surface area contributed by atoms with E-state index < -0.39 is 5.91 Å². The fourth-order valence-corrected chi connectivity index (χ4v) is 2.18. The van der Waals surface area contributed by atoms with Gasteiger partial charge in [-0.25, -0.2) is 15.0 Å². The van der Waals surface area contributed by atoms with Crippen molar-refractivity contribution in [1.29, 1.82) is 0 Å². The number of hydrogen-bond donors (Lipinski definition) is 2. The first-order valence-corrected chi connectivity index (χ1v) is 7.36. The van der Waals surface area contributed by atoms with Gasteiger partial charge < -0.3 is 0 Å². The molecule has 22 heavy (non-hydrogen) atoms. The molecule has 0 N–H and O–H groups in total. The third kappa shape index (κ3) is 3.74. The minimum Gasteiger partial charge on any atom is -0.265 e. The molecule has 2 rings (SSSR count). The molecular formula is C11H8N6OS4. The van der Waals surface area contributed by atoms with E-state index in [9.17, 15) is 4.79 Å². The second kappa shape index (κ2) is 7.54. The number of hydrazine groups is 1. The Labute approximate surface area is 147 Å². The summed E-state index contributed by atoms with van der Waals surface area (Å²) in [5.41, 5.74) is 0.0670. The lowest BCUT2D eigenvalue weighted by atomic mass is 10.4. The van der Waals surface area contributed by atoms with E-state index >= 15 is 0 Å². The van der Waals surface area contributed by atoms with Crippen LogP contribution in [0, 0.1) is 0 Å². The van der Waals surface area contributed by atoms with Gasteiger partial charge >= 0.3 is 0 Å². The van der Waals surface area contributed by atoms with Crippen molar-refractivity contribution in [3.05, 3.63) is 42.9 Å². The van der Waals surface area contributed by atoms with Crippen LogP contribution in [0.3, 0.4) is 0 Å². The monoisotopic (exact) mass is 368 g/mol. The number of aromatic nitrogens is 4. The Morgan fingerprint density at radius 1 is 0.955 bits per heavy atom. The SMILES string of the molecule is O=C(c1cnccn1)N(C(=S)S)N(C(=S)S)c1cnccn1. The van der Waals surface area contributed by atoms with Gasteiger partial charge in [0.25, 0.3) is 5.91 Å². The summed E-state index contributed by atoms with van der Waals surface area (Å²) >= 11 is 18.3. The van der Waals surface area contributed by atoms with Gasteiger partial charge in [0.2, 0.25) is 0 Å². The van der Waals surface area contributed by atoms with E-state index in [0.29, 0.717) is 0 Å². The molecule has 1 amide bonds. The van der Waals surface area contributed by atoms with Crippen LogP contribution in [0.25, 0.3) is 0 Å². The molecule has 0 unspecified atom stereocenters. The summed E-state index contributed by atoms with van der Waals surface area (Å²) in [5, 5.41) is 2.22. The van der Waals surface area contributed by atoms with Crippen LogP contribution in [0.15, 0.2) is 37.2 Å². The highest BCUT2D eigenvalue weighted by Gasteiger charge is 2.29. The number of hydrogen-bond acceptors (Lipinski definition) is 7. The fourth-order valence-electron chi connectivity index (χ4n) is 1.47. The highest BCUT2D eigenvalue weighted by atomic mass is 32.1. The van der Waals surface area contributed by atoms with E-state index in [2.05, 4.69) is 45.2 Å². The average molecular weight is 368 g/mol. The van der Waals surface area contributed by atoms with Crippen LogP contribution in [0.4, 0.5) is 5.82 Å². The number of amides is 1. The minimum absolute atomic E-state index is 0.0362. The molecule has 0 saturated heterocycles. The normalized spacial score (nSPS) is 9.91. The van der Waals surface area contributed by atoms with Crippen molar-refractivity contribution < 1.29 is 4.79 Å². The number of rotatable bonds is 2. The molecule has 0 bridgehead atoms. The Balaban J connectivity index is 2.47. The number of carbonyl (C=O) groups is 1. The first kappa shape index (κ1) is 16.7. The molecule has 11 heteroatoms. The van der Waals surface area contributed by atoms with Crippen molar-refractivity contribution in [2.24, 2.45) is 0 Å². The molecule has 0 atom stereocenters. The maximum absolute atomic E-state index is 12.6. The minimum atomic E-state index is -0.574. The van der Waals surface area contributed by atoms with Crippen molar-refractivity contribution in [2.75, 3.05) is 5.01 Å². The molecule has 7 nitrogen and oxygen atoms in total. The molecule has 0 fully saturated rings.